The van der Waals surface area contributed by atoms with E-state index in [0.717, 1.165) is 18.9 Å². The lowest BCUT2D eigenvalue weighted by Gasteiger charge is -2.10. The molecule has 1 fully saturated rings. The molecule has 0 saturated heterocycles. The van der Waals surface area contributed by atoms with E-state index in [1.807, 2.05) is 0 Å². The highest BCUT2D eigenvalue weighted by Crippen LogP contribution is 2.28. The molecule has 0 radical (unpaired) electrons. The Morgan fingerprint density at radius 1 is 1.27 bits per heavy atom. The lowest BCUT2D eigenvalue weighted by atomic mass is 10.2. The number of nitrogens with two attached hydrogens (primary N) is 1. The highest BCUT2D eigenvalue weighted by Gasteiger charge is 2.20. The van der Waals surface area contributed by atoms with Gasteiger partial charge in [0.15, 0.2) is 6.61 Å². The van der Waals surface area contributed by atoms with E-state index in [2.05, 4.69) is 5.32 Å². The van der Waals surface area contributed by atoms with Gasteiger partial charge in [0.1, 0.15) is 5.75 Å². The van der Waals surface area contributed by atoms with E-state index in [1.54, 1.807) is 24.3 Å². The zero-order valence-electron chi connectivity index (χ0n) is 12.5. The number of benzene rings is 1. The molecular weight excluding hydrogens is 284 g/mol. The summed E-state index contributed by atoms with van der Waals surface area (Å²) >= 11 is 0. The molecule has 1 aliphatic rings. The molecule has 0 heterocycles. The van der Waals surface area contributed by atoms with Crippen LogP contribution in [0.25, 0.3) is 0 Å². The molecule has 1 saturated carbocycles. The van der Waals surface area contributed by atoms with Crippen molar-refractivity contribution in [1.29, 1.82) is 0 Å². The molecule has 6 heteroatoms. The molecule has 0 atom stereocenters. The number of carbonyl (C=O) groups excluding carboxylic acids is 2. The molecule has 1 aliphatic carbocycles. The summed E-state index contributed by atoms with van der Waals surface area (Å²) in [6.45, 7) is 1.77. The first kappa shape index (κ1) is 16.3. The Kier molecular flexibility index (Phi) is 6.21. The van der Waals surface area contributed by atoms with Crippen molar-refractivity contribution in [3.8, 4) is 5.75 Å². The van der Waals surface area contributed by atoms with Gasteiger partial charge in [0.2, 0.25) is 0 Å². The standard InChI is InChI=1S/C16H22N2O4/c17-15(19)11-22-14-5-2-1-4-13(14)16(20)18-8-3-9-21-10-12-6-7-12/h1-2,4-5,12H,3,6-11H2,(H2,17,19)(H,18,20). The van der Waals surface area contributed by atoms with Crippen LogP contribution in [-0.2, 0) is 9.53 Å². The third-order valence-corrected chi connectivity index (χ3v) is 3.30. The van der Waals surface area contributed by atoms with E-state index >= 15 is 0 Å². The Hall–Kier alpha value is -2.08. The van der Waals surface area contributed by atoms with Gasteiger partial charge < -0.3 is 20.5 Å². The zero-order valence-corrected chi connectivity index (χ0v) is 12.5. The van der Waals surface area contributed by atoms with Gasteiger partial charge in [-0.15, -0.1) is 0 Å². The maximum absolute atomic E-state index is 12.1. The minimum atomic E-state index is -0.581. The average Bonchev–Trinajstić information content (AvgIpc) is 3.33. The van der Waals surface area contributed by atoms with Crippen molar-refractivity contribution in [3.05, 3.63) is 29.8 Å². The van der Waals surface area contributed by atoms with Gasteiger partial charge in [-0.1, -0.05) is 12.1 Å². The summed E-state index contributed by atoms with van der Waals surface area (Å²) in [6.07, 6.45) is 3.32. The van der Waals surface area contributed by atoms with Crippen molar-refractivity contribution in [2.24, 2.45) is 11.7 Å². The van der Waals surface area contributed by atoms with Gasteiger partial charge in [0.05, 0.1) is 5.56 Å². The van der Waals surface area contributed by atoms with Crippen LogP contribution in [0.1, 0.15) is 29.6 Å². The van der Waals surface area contributed by atoms with Crippen molar-refractivity contribution in [1.82, 2.24) is 5.32 Å². The number of ether oxygens (including phenoxy) is 2. The van der Waals surface area contributed by atoms with Gasteiger partial charge in [-0.05, 0) is 37.3 Å². The predicted molar refractivity (Wildman–Crippen MR) is 81.6 cm³/mol. The summed E-state index contributed by atoms with van der Waals surface area (Å²) in [7, 11) is 0. The molecule has 22 heavy (non-hydrogen) atoms. The Balaban J connectivity index is 1.72. The van der Waals surface area contributed by atoms with E-state index in [0.29, 0.717) is 24.5 Å². The summed E-state index contributed by atoms with van der Waals surface area (Å²) in [4.78, 5) is 22.9. The third-order valence-electron chi connectivity index (χ3n) is 3.30. The SMILES string of the molecule is NC(=O)COc1ccccc1C(=O)NCCCOCC1CC1. The van der Waals surface area contributed by atoms with Gasteiger partial charge in [-0.25, -0.2) is 0 Å². The van der Waals surface area contributed by atoms with Crippen molar-refractivity contribution in [2.75, 3.05) is 26.4 Å². The Morgan fingerprint density at radius 3 is 2.77 bits per heavy atom. The molecule has 0 bridgehead atoms. The average molecular weight is 306 g/mol. The number of hydrogen-bond donors (Lipinski definition) is 2. The second-order valence-electron chi connectivity index (χ2n) is 5.38. The van der Waals surface area contributed by atoms with E-state index in [-0.39, 0.29) is 12.5 Å². The van der Waals surface area contributed by atoms with Crippen LogP contribution in [0.4, 0.5) is 0 Å². The van der Waals surface area contributed by atoms with Crippen molar-refractivity contribution >= 4 is 11.8 Å². The van der Waals surface area contributed by atoms with Crippen LogP contribution in [-0.4, -0.2) is 38.2 Å². The maximum Gasteiger partial charge on any atom is 0.255 e. The Morgan fingerprint density at radius 2 is 2.05 bits per heavy atom. The summed E-state index contributed by atoms with van der Waals surface area (Å²) in [5, 5.41) is 2.82. The van der Waals surface area contributed by atoms with Gasteiger partial charge >= 0.3 is 0 Å². The van der Waals surface area contributed by atoms with Crippen LogP contribution < -0.4 is 15.8 Å². The third kappa shape index (κ3) is 5.73. The number of rotatable bonds is 10. The second kappa shape index (κ2) is 8.38. The van der Waals surface area contributed by atoms with Gasteiger partial charge in [0, 0.05) is 19.8 Å². The van der Waals surface area contributed by atoms with Crippen LogP contribution in [0.3, 0.4) is 0 Å². The van der Waals surface area contributed by atoms with Gasteiger partial charge in [0.25, 0.3) is 11.8 Å². The van der Waals surface area contributed by atoms with Crippen LogP contribution in [0.15, 0.2) is 24.3 Å². The summed E-state index contributed by atoms with van der Waals surface area (Å²) < 4.78 is 10.7. The number of primary amides is 1. The van der Waals surface area contributed by atoms with Gasteiger partial charge in [-0.2, -0.15) is 0 Å². The number of para-hydroxylation sites is 1. The van der Waals surface area contributed by atoms with Crippen LogP contribution in [0, 0.1) is 5.92 Å². The molecule has 2 rings (SSSR count). The summed E-state index contributed by atoms with van der Waals surface area (Å²) in [5.74, 6) is 0.290. The quantitative estimate of drug-likeness (QED) is 0.633. The lowest BCUT2D eigenvalue weighted by Crippen LogP contribution is -2.27. The fourth-order valence-corrected chi connectivity index (χ4v) is 1.93. The molecule has 3 N–H and O–H groups in total. The van der Waals surface area contributed by atoms with Crippen molar-refractivity contribution in [3.63, 3.8) is 0 Å². The topological polar surface area (TPSA) is 90.7 Å². The highest BCUT2D eigenvalue weighted by atomic mass is 16.5. The molecule has 6 nitrogen and oxygen atoms in total. The van der Waals surface area contributed by atoms with Crippen molar-refractivity contribution < 1.29 is 19.1 Å². The van der Waals surface area contributed by atoms with Crippen LogP contribution in [0.2, 0.25) is 0 Å². The molecular formula is C16H22N2O4. The Labute approximate surface area is 130 Å². The van der Waals surface area contributed by atoms with Crippen LogP contribution >= 0.6 is 0 Å². The zero-order chi connectivity index (χ0) is 15.8. The van der Waals surface area contributed by atoms with E-state index in [9.17, 15) is 9.59 Å². The first-order valence-electron chi connectivity index (χ1n) is 7.53. The first-order chi connectivity index (χ1) is 10.7. The highest BCUT2D eigenvalue weighted by molar-refractivity contribution is 5.97. The molecule has 120 valence electrons. The molecule has 0 unspecified atom stereocenters. The molecule has 1 aromatic rings. The number of hydrogen-bond acceptors (Lipinski definition) is 4. The van der Waals surface area contributed by atoms with E-state index in [4.69, 9.17) is 15.2 Å². The maximum atomic E-state index is 12.1. The fourth-order valence-electron chi connectivity index (χ4n) is 1.93. The molecule has 1 aromatic carbocycles. The Bertz CT molecular complexity index is 515. The predicted octanol–water partition coefficient (Wildman–Crippen LogP) is 1.10. The minimum absolute atomic E-state index is 0.234. The first-order valence-corrected chi connectivity index (χ1v) is 7.53. The number of carbonyl (C=O) groups is 2. The van der Waals surface area contributed by atoms with Gasteiger partial charge in [-0.3, -0.25) is 9.59 Å². The normalized spacial score (nSPS) is 13.6. The monoisotopic (exact) mass is 306 g/mol. The minimum Gasteiger partial charge on any atom is -0.483 e. The smallest absolute Gasteiger partial charge is 0.255 e. The number of nitrogens with one attached hydrogen (secondary N) is 1. The second-order valence-corrected chi connectivity index (χ2v) is 5.38. The largest absolute Gasteiger partial charge is 0.483 e. The molecule has 0 aromatic heterocycles. The lowest BCUT2D eigenvalue weighted by molar-refractivity contribution is -0.119. The molecule has 2 amide bonds. The van der Waals surface area contributed by atoms with E-state index in [1.165, 1.54) is 12.8 Å². The molecule has 0 spiro atoms. The molecule has 0 aliphatic heterocycles. The number of amides is 2. The van der Waals surface area contributed by atoms with E-state index < -0.39 is 5.91 Å². The van der Waals surface area contributed by atoms with Crippen LogP contribution in [0.5, 0.6) is 5.75 Å². The summed E-state index contributed by atoms with van der Waals surface area (Å²) in [5.41, 5.74) is 5.43. The van der Waals surface area contributed by atoms with Crippen molar-refractivity contribution in [2.45, 2.75) is 19.3 Å². The fraction of sp³-hybridized carbons (Fsp3) is 0.500. The summed E-state index contributed by atoms with van der Waals surface area (Å²) in [6, 6.07) is 6.76.